The second-order valence-corrected chi connectivity index (χ2v) is 5.41. The van der Waals surface area contributed by atoms with Crippen LogP contribution in [0.4, 0.5) is 13.6 Å². The molecule has 0 aliphatic rings. The smallest absolute Gasteiger partial charge is 0.326 e. The summed E-state index contributed by atoms with van der Waals surface area (Å²) in [6, 6.07) is 7.25. The van der Waals surface area contributed by atoms with E-state index >= 15 is 0 Å². The molecule has 3 N–H and O–H groups in total. The van der Waals surface area contributed by atoms with E-state index in [0.29, 0.717) is 6.54 Å². The molecular weight excluding hydrogens is 336 g/mol. The van der Waals surface area contributed by atoms with E-state index in [2.05, 4.69) is 5.32 Å². The Morgan fingerprint density at radius 1 is 1.20 bits per heavy atom. The molecule has 25 heavy (non-hydrogen) atoms. The maximum absolute atomic E-state index is 12.2. The normalized spacial score (nSPS) is 11.7. The first-order valence-corrected chi connectivity index (χ1v) is 7.62. The van der Waals surface area contributed by atoms with Gasteiger partial charge in [0.25, 0.3) is 0 Å². The van der Waals surface area contributed by atoms with Crippen LogP contribution >= 0.6 is 0 Å². The van der Waals surface area contributed by atoms with Gasteiger partial charge in [-0.1, -0.05) is 30.3 Å². The van der Waals surface area contributed by atoms with Gasteiger partial charge in [0.05, 0.1) is 0 Å². The van der Waals surface area contributed by atoms with Crippen LogP contribution in [0.15, 0.2) is 30.3 Å². The summed E-state index contributed by atoms with van der Waals surface area (Å²) in [6.07, 6.45) is -4.02. The van der Waals surface area contributed by atoms with Crippen molar-refractivity contribution in [3.8, 4) is 0 Å². The van der Waals surface area contributed by atoms with Crippen LogP contribution in [0, 0.1) is 0 Å². The topological polar surface area (TPSA) is 98.7 Å². The molecule has 9 heteroatoms. The standard InChI is InChI=1S/C16H21F2N3O4/c1-21(10-11-5-3-2-4-6-11)16(25)19-8-7-14(22)20-12(15(23)24)9-13(17)18/h2-6,12-13H,7-10H2,1H3,(H,19,25)(H,20,22)(H,23,24). The maximum Gasteiger partial charge on any atom is 0.326 e. The third-order valence-corrected chi connectivity index (χ3v) is 3.28. The molecule has 138 valence electrons. The molecule has 7 nitrogen and oxygen atoms in total. The van der Waals surface area contributed by atoms with Crippen LogP contribution in [0.3, 0.4) is 0 Å². The summed E-state index contributed by atoms with van der Waals surface area (Å²) in [7, 11) is 1.59. The minimum absolute atomic E-state index is 0.0369. The average molecular weight is 357 g/mol. The number of carbonyl (C=O) groups excluding carboxylic acids is 2. The Morgan fingerprint density at radius 3 is 2.40 bits per heavy atom. The van der Waals surface area contributed by atoms with E-state index < -0.39 is 36.8 Å². The zero-order valence-corrected chi connectivity index (χ0v) is 13.7. The second kappa shape index (κ2) is 10.2. The minimum Gasteiger partial charge on any atom is -0.480 e. The van der Waals surface area contributed by atoms with Crippen LogP contribution in [-0.4, -0.2) is 54.0 Å². The minimum atomic E-state index is -2.84. The number of amides is 3. The van der Waals surface area contributed by atoms with Crippen LogP contribution in [0.2, 0.25) is 0 Å². The summed E-state index contributed by atoms with van der Waals surface area (Å²) in [4.78, 5) is 35.7. The highest BCUT2D eigenvalue weighted by atomic mass is 19.3. The molecule has 1 unspecified atom stereocenters. The Hall–Kier alpha value is -2.71. The summed E-state index contributed by atoms with van der Waals surface area (Å²) >= 11 is 0. The molecular formula is C16H21F2N3O4. The van der Waals surface area contributed by atoms with Crippen LogP contribution in [-0.2, 0) is 16.1 Å². The van der Waals surface area contributed by atoms with Crippen molar-refractivity contribution in [2.75, 3.05) is 13.6 Å². The number of rotatable bonds is 9. The van der Waals surface area contributed by atoms with Gasteiger partial charge in [-0.25, -0.2) is 18.4 Å². The van der Waals surface area contributed by atoms with E-state index in [1.54, 1.807) is 7.05 Å². The number of carbonyl (C=O) groups is 3. The molecule has 1 atom stereocenters. The predicted octanol–water partition coefficient (Wildman–Crippen LogP) is 1.44. The van der Waals surface area contributed by atoms with Gasteiger partial charge in [-0.15, -0.1) is 0 Å². The predicted molar refractivity (Wildman–Crippen MR) is 86.1 cm³/mol. The lowest BCUT2D eigenvalue weighted by Crippen LogP contribution is -2.44. The molecule has 0 aliphatic carbocycles. The zero-order chi connectivity index (χ0) is 18.8. The second-order valence-electron chi connectivity index (χ2n) is 5.41. The van der Waals surface area contributed by atoms with Crippen LogP contribution < -0.4 is 10.6 Å². The van der Waals surface area contributed by atoms with Gasteiger partial charge in [0.15, 0.2) is 0 Å². The van der Waals surface area contributed by atoms with E-state index in [1.807, 2.05) is 35.6 Å². The molecule has 1 rings (SSSR count). The molecule has 0 bridgehead atoms. The number of nitrogens with one attached hydrogen (secondary N) is 2. The van der Waals surface area contributed by atoms with Gasteiger partial charge in [-0.05, 0) is 5.56 Å². The molecule has 1 aromatic rings. The van der Waals surface area contributed by atoms with Crippen LogP contribution in [0.1, 0.15) is 18.4 Å². The van der Waals surface area contributed by atoms with E-state index in [1.165, 1.54) is 4.90 Å². The first kappa shape index (κ1) is 20.3. The first-order valence-electron chi connectivity index (χ1n) is 7.62. The Morgan fingerprint density at radius 2 is 1.84 bits per heavy atom. The van der Waals surface area contributed by atoms with Gasteiger partial charge >= 0.3 is 12.0 Å². The third kappa shape index (κ3) is 8.09. The van der Waals surface area contributed by atoms with Crippen molar-refractivity contribution in [2.45, 2.75) is 31.9 Å². The van der Waals surface area contributed by atoms with Crippen LogP contribution in [0.25, 0.3) is 0 Å². The quantitative estimate of drug-likeness (QED) is 0.623. The Kier molecular flexibility index (Phi) is 8.31. The number of alkyl halides is 2. The molecule has 0 heterocycles. The SMILES string of the molecule is CN(Cc1ccccc1)C(=O)NCCC(=O)NC(CC(F)F)C(=O)O. The molecule has 3 amide bonds. The number of hydrogen-bond acceptors (Lipinski definition) is 3. The van der Waals surface area contributed by atoms with Gasteiger partial charge in [0.1, 0.15) is 6.04 Å². The van der Waals surface area contributed by atoms with E-state index in [0.717, 1.165) is 5.56 Å². The maximum atomic E-state index is 12.2. The largest absolute Gasteiger partial charge is 0.480 e. The van der Waals surface area contributed by atoms with Gasteiger partial charge in [0, 0.05) is 33.0 Å². The van der Waals surface area contributed by atoms with Crippen molar-refractivity contribution in [1.29, 1.82) is 0 Å². The highest BCUT2D eigenvalue weighted by Gasteiger charge is 2.23. The Labute approximate surface area is 144 Å². The number of urea groups is 1. The summed E-state index contributed by atoms with van der Waals surface area (Å²) in [5.41, 5.74) is 0.939. The number of nitrogens with zero attached hydrogens (tertiary/aromatic N) is 1. The number of hydrogen-bond donors (Lipinski definition) is 3. The molecule has 0 radical (unpaired) electrons. The van der Waals surface area contributed by atoms with Crippen molar-refractivity contribution >= 4 is 17.9 Å². The molecule has 0 spiro atoms. The highest BCUT2D eigenvalue weighted by molar-refractivity contribution is 5.84. The fourth-order valence-electron chi connectivity index (χ4n) is 2.01. The monoisotopic (exact) mass is 357 g/mol. The Balaban J connectivity index is 2.33. The summed E-state index contributed by atoms with van der Waals surface area (Å²) in [6.45, 7) is 0.346. The number of benzene rings is 1. The van der Waals surface area contributed by atoms with Crippen molar-refractivity contribution in [3.05, 3.63) is 35.9 Å². The van der Waals surface area contributed by atoms with Crippen molar-refractivity contribution in [1.82, 2.24) is 15.5 Å². The van der Waals surface area contributed by atoms with E-state index in [9.17, 15) is 23.2 Å². The zero-order valence-electron chi connectivity index (χ0n) is 13.7. The fraction of sp³-hybridized carbons (Fsp3) is 0.438. The van der Waals surface area contributed by atoms with Gasteiger partial charge in [0.2, 0.25) is 12.3 Å². The molecule has 0 saturated carbocycles. The van der Waals surface area contributed by atoms with Crippen LogP contribution in [0.5, 0.6) is 0 Å². The summed E-state index contributed by atoms with van der Waals surface area (Å²) < 4.78 is 24.5. The van der Waals surface area contributed by atoms with Gasteiger partial charge in [-0.3, -0.25) is 4.79 Å². The summed E-state index contributed by atoms with van der Waals surface area (Å²) in [5.74, 6) is -2.25. The number of halogens is 2. The van der Waals surface area contributed by atoms with Crippen molar-refractivity contribution in [2.24, 2.45) is 0 Å². The van der Waals surface area contributed by atoms with E-state index in [-0.39, 0.29) is 13.0 Å². The van der Waals surface area contributed by atoms with Crippen molar-refractivity contribution < 1.29 is 28.3 Å². The Bertz CT molecular complexity index is 584. The summed E-state index contributed by atoms with van der Waals surface area (Å²) in [5, 5.41) is 13.3. The lowest BCUT2D eigenvalue weighted by atomic mass is 10.2. The lowest BCUT2D eigenvalue weighted by molar-refractivity contribution is -0.143. The molecule has 1 aromatic carbocycles. The van der Waals surface area contributed by atoms with Gasteiger partial charge in [-0.2, -0.15) is 0 Å². The van der Waals surface area contributed by atoms with E-state index in [4.69, 9.17) is 5.11 Å². The average Bonchev–Trinajstić information content (AvgIpc) is 2.54. The third-order valence-electron chi connectivity index (χ3n) is 3.28. The molecule has 0 saturated heterocycles. The molecule has 0 fully saturated rings. The molecule has 0 aromatic heterocycles. The first-order chi connectivity index (χ1) is 11.8. The lowest BCUT2D eigenvalue weighted by Gasteiger charge is -2.18. The fourth-order valence-corrected chi connectivity index (χ4v) is 2.01. The highest BCUT2D eigenvalue weighted by Crippen LogP contribution is 2.05. The number of aliphatic carboxylic acids is 1. The van der Waals surface area contributed by atoms with Crippen molar-refractivity contribution in [3.63, 3.8) is 0 Å². The number of carboxylic acid groups (broad SMARTS) is 1. The van der Waals surface area contributed by atoms with Gasteiger partial charge < -0.3 is 20.6 Å². The molecule has 0 aliphatic heterocycles. The number of carboxylic acids is 1.